The third-order valence-electron chi connectivity index (χ3n) is 1.85. The topological polar surface area (TPSA) is 54.4 Å². The molecular formula is C10H12O3. The molecule has 1 aliphatic carbocycles. The zero-order valence-electron chi connectivity index (χ0n) is 7.92. The van der Waals surface area contributed by atoms with Crippen molar-refractivity contribution >= 4 is 11.6 Å². The van der Waals surface area contributed by atoms with Crippen LogP contribution in [0.2, 0.25) is 0 Å². The Morgan fingerprint density at radius 3 is 1.92 bits per heavy atom. The van der Waals surface area contributed by atoms with Gasteiger partial charge in [-0.05, 0) is 17.6 Å². The minimum Gasteiger partial charge on any atom is -0.504 e. The summed E-state index contributed by atoms with van der Waals surface area (Å²) in [5, 5.41) is 9.40. The number of ketones is 2. The van der Waals surface area contributed by atoms with Crippen molar-refractivity contribution in [3.05, 3.63) is 23.5 Å². The molecule has 0 aromatic rings. The van der Waals surface area contributed by atoms with Gasteiger partial charge in [-0.2, -0.15) is 0 Å². The summed E-state index contributed by atoms with van der Waals surface area (Å²) in [6.07, 6.45) is 2.29. The molecule has 3 nitrogen and oxygen atoms in total. The lowest BCUT2D eigenvalue weighted by Crippen LogP contribution is -2.24. The summed E-state index contributed by atoms with van der Waals surface area (Å²) in [6.45, 7) is 5.34. The first-order valence-corrected chi connectivity index (χ1v) is 4.04. The Bertz CT molecular complexity index is 327. The fourth-order valence-corrected chi connectivity index (χ4v) is 1.28. The van der Waals surface area contributed by atoms with Crippen molar-refractivity contribution < 1.29 is 14.7 Å². The second-order valence-electron chi connectivity index (χ2n) is 4.04. The second-order valence-corrected chi connectivity index (χ2v) is 4.04. The number of aliphatic hydroxyl groups is 1. The molecule has 0 fully saturated rings. The van der Waals surface area contributed by atoms with Crippen LogP contribution in [0.25, 0.3) is 0 Å². The molecular weight excluding hydrogens is 168 g/mol. The van der Waals surface area contributed by atoms with E-state index >= 15 is 0 Å². The van der Waals surface area contributed by atoms with Gasteiger partial charge in [0.15, 0.2) is 11.5 Å². The quantitative estimate of drug-likeness (QED) is 0.575. The summed E-state index contributed by atoms with van der Waals surface area (Å²) in [7, 11) is 0. The third-order valence-corrected chi connectivity index (χ3v) is 1.85. The number of aliphatic hydroxyl groups excluding tert-OH is 1. The summed E-state index contributed by atoms with van der Waals surface area (Å²) in [6, 6.07) is 0. The molecule has 1 aliphatic rings. The zero-order valence-corrected chi connectivity index (χ0v) is 7.92. The van der Waals surface area contributed by atoms with Crippen LogP contribution in [0.15, 0.2) is 23.5 Å². The highest BCUT2D eigenvalue weighted by Crippen LogP contribution is 2.30. The number of allylic oxidation sites excluding steroid dienone is 3. The first-order chi connectivity index (χ1) is 5.84. The smallest absolute Gasteiger partial charge is 0.220 e. The van der Waals surface area contributed by atoms with E-state index in [1.165, 1.54) is 6.08 Å². The van der Waals surface area contributed by atoms with Crippen molar-refractivity contribution in [1.82, 2.24) is 0 Å². The molecule has 3 heteroatoms. The van der Waals surface area contributed by atoms with Crippen LogP contribution >= 0.6 is 0 Å². The average Bonchev–Trinajstić information content (AvgIpc) is 1.95. The van der Waals surface area contributed by atoms with Gasteiger partial charge in [0.1, 0.15) is 0 Å². The first kappa shape index (κ1) is 9.71. The van der Waals surface area contributed by atoms with E-state index in [9.17, 15) is 14.7 Å². The highest BCUT2D eigenvalue weighted by molar-refractivity contribution is 6.19. The van der Waals surface area contributed by atoms with E-state index in [1.54, 1.807) is 20.8 Å². The molecule has 0 amide bonds. The zero-order chi connectivity index (χ0) is 10.2. The first-order valence-electron chi connectivity index (χ1n) is 4.04. The number of carbonyl (C=O) groups excluding carboxylic acids is 2. The predicted molar refractivity (Wildman–Crippen MR) is 48.3 cm³/mol. The fourth-order valence-electron chi connectivity index (χ4n) is 1.28. The van der Waals surface area contributed by atoms with E-state index in [1.807, 2.05) is 0 Å². The normalized spacial score (nSPS) is 18.4. The minimum absolute atomic E-state index is 0.194. The van der Waals surface area contributed by atoms with Gasteiger partial charge in [-0.1, -0.05) is 20.8 Å². The van der Waals surface area contributed by atoms with Crippen molar-refractivity contribution in [2.75, 3.05) is 0 Å². The monoisotopic (exact) mass is 180 g/mol. The number of carbonyl (C=O) groups is 2. The summed E-state index contributed by atoms with van der Waals surface area (Å²) in [5.41, 5.74) is -0.304. The average molecular weight is 180 g/mol. The SMILES string of the molecule is CC(C)(C)C1=C(O)C(=O)C=CC1=O. The Balaban J connectivity index is 3.26. The second kappa shape index (κ2) is 2.83. The van der Waals surface area contributed by atoms with E-state index in [4.69, 9.17) is 0 Å². The van der Waals surface area contributed by atoms with Crippen molar-refractivity contribution in [3.8, 4) is 0 Å². The molecule has 0 aromatic heterocycles. The minimum atomic E-state index is -0.498. The molecule has 0 saturated heterocycles. The van der Waals surface area contributed by atoms with Gasteiger partial charge in [0.2, 0.25) is 5.78 Å². The molecule has 70 valence electrons. The highest BCUT2D eigenvalue weighted by atomic mass is 16.3. The standard InChI is InChI=1S/C10H12O3/c1-10(2,3)8-6(11)4-5-7(12)9(8)13/h4-5,13H,1-3H3. The van der Waals surface area contributed by atoms with Gasteiger partial charge in [-0.25, -0.2) is 0 Å². The molecule has 0 spiro atoms. The predicted octanol–water partition coefficient (Wildman–Crippen LogP) is 1.55. The molecule has 13 heavy (non-hydrogen) atoms. The summed E-state index contributed by atoms with van der Waals surface area (Å²) in [5.74, 6) is -1.20. The van der Waals surface area contributed by atoms with Crippen LogP contribution < -0.4 is 0 Å². The maximum atomic E-state index is 11.3. The summed E-state index contributed by atoms with van der Waals surface area (Å²) in [4.78, 5) is 22.4. The van der Waals surface area contributed by atoms with E-state index < -0.39 is 17.0 Å². The molecule has 0 aliphatic heterocycles. The molecule has 0 aromatic carbocycles. The Morgan fingerprint density at radius 1 is 1.08 bits per heavy atom. The molecule has 0 heterocycles. The van der Waals surface area contributed by atoms with Gasteiger partial charge in [0.05, 0.1) is 5.57 Å². The van der Waals surface area contributed by atoms with Crippen LogP contribution in [0, 0.1) is 5.41 Å². The van der Waals surface area contributed by atoms with Gasteiger partial charge in [0, 0.05) is 0 Å². The fraction of sp³-hybridized carbons (Fsp3) is 0.400. The van der Waals surface area contributed by atoms with Crippen molar-refractivity contribution in [2.45, 2.75) is 20.8 Å². The number of hydrogen-bond donors (Lipinski definition) is 1. The van der Waals surface area contributed by atoms with Crippen LogP contribution in [0.3, 0.4) is 0 Å². The lowest BCUT2D eigenvalue weighted by molar-refractivity contribution is -0.117. The van der Waals surface area contributed by atoms with E-state index in [0.717, 1.165) is 6.08 Å². The van der Waals surface area contributed by atoms with Crippen LogP contribution in [-0.4, -0.2) is 16.7 Å². The lowest BCUT2D eigenvalue weighted by atomic mass is 9.80. The Kier molecular flexibility index (Phi) is 2.12. The van der Waals surface area contributed by atoms with Gasteiger partial charge in [0.25, 0.3) is 0 Å². The maximum absolute atomic E-state index is 11.3. The van der Waals surface area contributed by atoms with Gasteiger partial charge >= 0.3 is 0 Å². The Morgan fingerprint density at radius 2 is 1.54 bits per heavy atom. The van der Waals surface area contributed by atoms with Gasteiger partial charge in [-0.3, -0.25) is 9.59 Å². The summed E-state index contributed by atoms with van der Waals surface area (Å²) >= 11 is 0. The van der Waals surface area contributed by atoms with E-state index in [0.29, 0.717) is 0 Å². The largest absolute Gasteiger partial charge is 0.504 e. The van der Waals surface area contributed by atoms with E-state index in [-0.39, 0.29) is 11.4 Å². The highest BCUT2D eigenvalue weighted by Gasteiger charge is 2.31. The molecule has 0 bridgehead atoms. The van der Waals surface area contributed by atoms with Crippen LogP contribution in [0.1, 0.15) is 20.8 Å². The maximum Gasteiger partial charge on any atom is 0.220 e. The summed E-state index contributed by atoms with van der Waals surface area (Å²) < 4.78 is 0. The van der Waals surface area contributed by atoms with Crippen molar-refractivity contribution in [1.29, 1.82) is 0 Å². The van der Waals surface area contributed by atoms with Crippen LogP contribution in [0.4, 0.5) is 0 Å². The van der Waals surface area contributed by atoms with Gasteiger partial charge in [-0.15, -0.1) is 0 Å². The number of rotatable bonds is 0. The van der Waals surface area contributed by atoms with Gasteiger partial charge < -0.3 is 5.11 Å². The van der Waals surface area contributed by atoms with E-state index in [2.05, 4.69) is 0 Å². The van der Waals surface area contributed by atoms with Crippen molar-refractivity contribution in [3.63, 3.8) is 0 Å². The molecule has 0 radical (unpaired) electrons. The third kappa shape index (κ3) is 1.69. The molecule has 0 atom stereocenters. The molecule has 0 unspecified atom stereocenters. The van der Waals surface area contributed by atoms with Crippen molar-refractivity contribution in [2.24, 2.45) is 5.41 Å². The van der Waals surface area contributed by atoms with Crippen LogP contribution in [-0.2, 0) is 9.59 Å². The molecule has 1 N–H and O–H groups in total. The Hall–Kier alpha value is -1.38. The number of hydrogen-bond acceptors (Lipinski definition) is 3. The van der Waals surface area contributed by atoms with Crippen LogP contribution in [0.5, 0.6) is 0 Å². The molecule has 0 saturated carbocycles. The lowest BCUT2D eigenvalue weighted by Gasteiger charge is -2.23. The molecule has 1 rings (SSSR count). The Labute approximate surface area is 76.8 Å².